The number of hydrogen-bond acceptors (Lipinski definition) is 2. The van der Waals surface area contributed by atoms with Gasteiger partial charge in [-0.05, 0) is 50.6 Å². The van der Waals surface area contributed by atoms with E-state index in [1.807, 2.05) is 104 Å². The third-order valence-corrected chi connectivity index (χ3v) is 2.60. The molecule has 0 radical (unpaired) electrons. The zero-order valence-corrected chi connectivity index (χ0v) is 18.9. The topological polar surface area (TPSA) is 25.8 Å². The Morgan fingerprint density at radius 3 is 1.15 bits per heavy atom. The van der Waals surface area contributed by atoms with Gasteiger partial charge >= 0.3 is 0 Å². The Labute approximate surface area is 168 Å². The molecule has 0 N–H and O–H groups in total. The van der Waals surface area contributed by atoms with E-state index in [4.69, 9.17) is 0 Å². The molecule has 0 aliphatic heterocycles. The molecule has 0 aliphatic rings. The molecule has 2 heterocycles. The zero-order valence-electron chi connectivity index (χ0n) is 18.9. The molecule has 0 saturated carbocycles. The van der Waals surface area contributed by atoms with E-state index < -0.39 is 0 Å². The van der Waals surface area contributed by atoms with Gasteiger partial charge in [-0.2, -0.15) is 0 Å². The van der Waals surface area contributed by atoms with E-state index >= 15 is 0 Å². The highest BCUT2D eigenvalue weighted by molar-refractivity contribution is 5.11. The van der Waals surface area contributed by atoms with E-state index in [1.54, 1.807) is 18.6 Å². The van der Waals surface area contributed by atoms with Crippen LogP contribution < -0.4 is 0 Å². The lowest BCUT2D eigenvalue weighted by Gasteiger charge is -1.82. The van der Waals surface area contributed by atoms with Gasteiger partial charge in [0.25, 0.3) is 0 Å². The number of benzene rings is 1. The van der Waals surface area contributed by atoms with Crippen LogP contribution in [0.4, 0.5) is 0 Å². The molecule has 0 aliphatic carbocycles. The Kier molecular flexibility index (Phi) is 27.9. The van der Waals surface area contributed by atoms with Gasteiger partial charge in [-0.25, -0.2) is 0 Å². The van der Waals surface area contributed by atoms with Crippen LogP contribution in [0.3, 0.4) is 0 Å². The normalized spacial score (nSPS) is 7.44. The maximum atomic E-state index is 3.98. The highest BCUT2D eigenvalue weighted by atomic mass is 14.6. The Hall–Kier alpha value is -2.48. The first-order valence-corrected chi connectivity index (χ1v) is 9.94. The van der Waals surface area contributed by atoms with Crippen molar-refractivity contribution in [3.05, 3.63) is 96.1 Å². The van der Waals surface area contributed by atoms with Crippen LogP contribution in [0.5, 0.6) is 0 Å². The van der Waals surface area contributed by atoms with E-state index in [-0.39, 0.29) is 0 Å². The van der Waals surface area contributed by atoms with Crippen LogP contribution in [0.25, 0.3) is 0 Å². The third kappa shape index (κ3) is 23.5. The minimum atomic E-state index is 1.07. The molecule has 0 saturated heterocycles. The van der Waals surface area contributed by atoms with Crippen LogP contribution in [0.1, 0.15) is 58.4 Å². The van der Waals surface area contributed by atoms with Crippen molar-refractivity contribution in [3.63, 3.8) is 0 Å². The van der Waals surface area contributed by atoms with Crippen molar-refractivity contribution in [1.29, 1.82) is 0 Å². The summed E-state index contributed by atoms with van der Waals surface area (Å²) in [6, 6.07) is 20.1. The lowest BCUT2D eigenvalue weighted by molar-refractivity contribution is 1.20. The van der Waals surface area contributed by atoms with E-state index in [0.29, 0.717) is 0 Å². The molecule has 3 aromatic rings. The van der Waals surface area contributed by atoms with Crippen LogP contribution in [0.15, 0.2) is 79.3 Å². The minimum Gasteiger partial charge on any atom is -0.265 e. The summed E-state index contributed by atoms with van der Waals surface area (Å²) in [5, 5.41) is 0. The summed E-state index contributed by atoms with van der Waals surface area (Å²) in [6.45, 7) is 18.1. The van der Waals surface area contributed by atoms with Crippen LogP contribution in [0.2, 0.25) is 0 Å². The summed E-state index contributed by atoms with van der Waals surface area (Å²) >= 11 is 0. The second-order valence-electron chi connectivity index (χ2n) is 4.65. The summed E-state index contributed by atoms with van der Waals surface area (Å²) in [7, 11) is 0. The maximum Gasteiger partial charge on any atom is 0.0372 e. The largest absolute Gasteiger partial charge is 0.265 e. The number of aromatic nitrogens is 2. The lowest BCUT2D eigenvalue weighted by atomic mass is 10.2. The Morgan fingerprint density at radius 2 is 0.926 bits per heavy atom. The number of nitrogens with zero attached hydrogens (tertiary/aromatic N) is 2. The maximum absolute atomic E-state index is 3.98. The van der Waals surface area contributed by atoms with E-state index in [9.17, 15) is 0 Å². The summed E-state index contributed by atoms with van der Waals surface area (Å²) in [5.41, 5.74) is 3.65. The van der Waals surface area contributed by atoms with Crippen molar-refractivity contribution in [1.82, 2.24) is 9.97 Å². The number of rotatable bonds is 0. The van der Waals surface area contributed by atoms with Crippen LogP contribution in [-0.2, 0) is 0 Å². The molecule has 0 fully saturated rings. The van der Waals surface area contributed by atoms with Crippen molar-refractivity contribution < 1.29 is 0 Å². The fourth-order valence-electron chi connectivity index (χ4n) is 1.41. The predicted molar refractivity (Wildman–Crippen MR) is 123 cm³/mol. The first-order chi connectivity index (χ1) is 13.2. The van der Waals surface area contributed by atoms with Crippen molar-refractivity contribution in [2.45, 2.75) is 62.3 Å². The number of hydrogen-bond donors (Lipinski definition) is 0. The average Bonchev–Trinajstić information content (AvgIpc) is 2.75. The molecule has 0 unspecified atom stereocenters. The van der Waals surface area contributed by atoms with Crippen LogP contribution in [-0.4, -0.2) is 9.97 Å². The summed E-state index contributed by atoms with van der Waals surface area (Å²) in [4.78, 5) is 7.82. The van der Waals surface area contributed by atoms with Gasteiger partial charge in [0.2, 0.25) is 0 Å². The highest BCUT2D eigenvalue weighted by Crippen LogP contribution is 1.92. The first kappa shape index (κ1) is 29.3. The molecule has 0 bridgehead atoms. The summed E-state index contributed by atoms with van der Waals surface area (Å²) in [6.07, 6.45) is 5.36. The number of aryl methyl sites for hydroxylation is 3. The van der Waals surface area contributed by atoms with Gasteiger partial charge in [-0.15, -0.1) is 0 Å². The molecular formula is C25H40N2. The first-order valence-electron chi connectivity index (χ1n) is 9.94. The zero-order chi connectivity index (χ0) is 21.3. The summed E-state index contributed by atoms with van der Waals surface area (Å²) < 4.78 is 0. The molecular weight excluding hydrogens is 328 g/mol. The second-order valence-corrected chi connectivity index (χ2v) is 4.65. The fraction of sp³-hybridized carbons (Fsp3) is 0.360. The van der Waals surface area contributed by atoms with E-state index in [1.165, 1.54) is 11.1 Å². The SMILES string of the molecule is CC.CC.CC.Cc1ccccc1.Cc1ccccn1.Cc1ccncc1. The fourth-order valence-corrected chi connectivity index (χ4v) is 1.41. The van der Waals surface area contributed by atoms with Crippen molar-refractivity contribution in [2.75, 3.05) is 0 Å². The van der Waals surface area contributed by atoms with Gasteiger partial charge in [-0.1, -0.05) is 83.5 Å². The van der Waals surface area contributed by atoms with E-state index in [0.717, 1.165) is 5.69 Å². The van der Waals surface area contributed by atoms with Gasteiger partial charge in [0.05, 0.1) is 0 Å². The summed E-state index contributed by atoms with van der Waals surface area (Å²) in [5.74, 6) is 0. The van der Waals surface area contributed by atoms with Gasteiger partial charge in [0, 0.05) is 24.3 Å². The smallest absolute Gasteiger partial charge is 0.0372 e. The Bertz CT molecular complexity index is 489. The van der Waals surface area contributed by atoms with Gasteiger partial charge < -0.3 is 0 Å². The average molecular weight is 369 g/mol. The Balaban J connectivity index is -0.000000281. The molecule has 2 aromatic heterocycles. The molecule has 2 heteroatoms. The third-order valence-electron chi connectivity index (χ3n) is 2.60. The standard InChI is InChI=1S/C7H8.2C6H7N.3C2H6/c1-7-5-3-2-4-6-7;1-6-2-4-7-5-3-6;1-6-4-2-3-5-7-6;3*1-2/h2-6H,1H3;2*2-5H,1H3;3*1-2H3. The minimum absolute atomic E-state index is 1.07. The molecule has 0 spiro atoms. The van der Waals surface area contributed by atoms with Crippen molar-refractivity contribution in [3.8, 4) is 0 Å². The molecule has 150 valence electrons. The molecule has 27 heavy (non-hydrogen) atoms. The molecule has 3 rings (SSSR count). The lowest BCUT2D eigenvalue weighted by Crippen LogP contribution is -1.72. The molecule has 1 aromatic carbocycles. The predicted octanol–water partition coefficient (Wildman–Crippen LogP) is 7.85. The highest BCUT2D eigenvalue weighted by Gasteiger charge is 1.74. The van der Waals surface area contributed by atoms with Crippen molar-refractivity contribution in [2.24, 2.45) is 0 Å². The van der Waals surface area contributed by atoms with E-state index in [2.05, 4.69) is 29.0 Å². The second kappa shape index (κ2) is 25.8. The van der Waals surface area contributed by atoms with Crippen LogP contribution in [0, 0.1) is 20.8 Å². The quantitative estimate of drug-likeness (QED) is 0.403. The number of pyridine rings is 2. The monoisotopic (exact) mass is 368 g/mol. The van der Waals surface area contributed by atoms with Gasteiger partial charge in [-0.3, -0.25) is 9.97 Å². The molecule has 2 nitrogen and oxygen atoms in total. The van der Waals surface area contributed by atoms with Crippen LogP contribution >= 0.6 is 0 Å². The Morgan fingerprint density at radius 1 is 0.481 bits per heavy atom. The van der Waals surface area contributed by atoms with Gasteiger partial charge in [0.15, 0.2) is 0 Å². The molecule has 0 atom stereocenters. The van der Waals surface area contributed by atoms with Crippen molar-refractivity contribution >= 4 is 0 Å². The van der Waals surface area contributed by atoms with Gasteiger partial charge in [0.1, 0.15) is 0 Å². The molecule has 0 amide bonds.